The highest BCUT2D eigenvalue weighted by Crippen LogP contribution is 2.15. The summed E-state index contributed by atoms with van der Waals surface area (Å²) >= 11 is 3.31. The summed E-state index contributed by atoms with van der Waals surface area (Å²) in [6.07, 6.45) is 2.74. The fourth-order valence-corrected chi connectivity index (χ4v) is 1.51. The number of nitrogens with one attached hydrogen (secondary N) is 1. The molecule has 0 aliphatic heterocycles. The number of rotatable bonds is 5. The van der Waals surface area contributed by atoms with Gasteiger partial charge in [0.25, 0.3) is 0 Å². The van der Waals surface area contributed by atoms with Crippen molar-refractivity contribution in [1.29, 1.82) is 0 Å². The number of hydrogen-bond acceptors (Lipinski definition) is 1. The van der Waals surface area contributed by atoms with E-state index in [0.717, 1.165) is 17.4 Å². The minimum Gasteiger partial charge on any atom is -0.312 e. The molecule has 0 saturated heterocycles. The Kier molecular flexibility index (Phi) is 4.84. The minimum absolute atomic E-state index is 0.167. The molecule has 0 bridgehead atoms. The normalized spacial score (nSPS) is 10.1. The van der Waals surface area contributed by atoms with Crippen molar-refractivity contribution in [1.82, 2.24) is 5.32 Å². The summed E-state index contributed by atoms with van der Waals surface area (Å²) in [5, 5.41) is 3.14. The third-order valence-electron chi connectivity index (χ3n) is 1.85. The first-order valence-corrected chi connectivity index (χ1v) is 5.29. The molecule has 0 unspecified atom stereocenters. The third-order valence-corrected chi connectivity index (χ3v) is 2.34. The van der Waals surface area contributed by atoms with Gasteiger partial charge in [0.2, 0.25) is 0 Å². The Morgan fingerprint density at radius 3 is 3.00 bits per heavy atom. The molecule has 14 heavy (non-hydrogen) atoms. The van der Waals surface area contributed by atoms with Crippen LogP contribution in [0.5, 0.6) is 0 Å². The molecule has 1 N–H and O–H groups in total. The Bertz CT molecular complexity index is 312. The van der Waals surface area contributed by atoms with Crippen LogP contribution in [0.3, 0.4) is 0 Å². The lowest BCUT2D eigenvalue weighted by molar-refractivity contribution is 0.589. The van der Waals surface area contributed by atoms with Crippen LogP contribution in [0.15, 0.2) is 35.3 Å². The molecule has 0 aliphatic rings. The zero-order valence-electron chi connectivity index (χ0n) is 7.89. The van der Waals surface area contributed by atoms with Gasteiger partial charge >= 0.3 is 0 Å². The van der Waals surface area contributed by atoms with E-state index in [-0.39, 0.29) is 5.82 Å². The molecule has 0 saturated carbocycles. The maximum absolute atomic E-state index is 13.2. The zero-order valence-corrected chi connectivity index (χ0v) is 9.48. The van der Waals surface area contributed by atoms with E-state index in [0.29, 0.717) is 12.1 Å². The van der Waals surface area contributed by atoms with E-state index in [2.05, 4.69) is 27.8 Å². The number of halogens is 2. The van der Waals surface area contributed by atoms with Gasteiger partial charge in [-0.1, -0.05) is 22.0 Å². The largest absolute Gasteiger partial charge is 0.312 e. The van der Waals surface area contributed by atoms with Crippen LogP contribution in [0.4, 0.5) is 4.39 Å². The van der Waals surface area contributed by atoms with E-state index < -0.39 is 0 Å². The van der Waals surface area contributed by atoms with E-state index in [9.17, 15) is 4.39 Å². The molecule has 0 spiro atoms. The van der Waals surface area contributed by atoms with Crippen molar-refractivity contribution in [3.8, 4) is 0 Å². The first-order chi connectivity index (χ1) is 6.74. The highest BCUT2D eigenvalue weighted by molar-refractivity contribution is 9.10. The van der Waals surface area contributed by atoms with Crippen LogP contribution in [-0.2, 0) is 6.54 Å². The van der Waals surface area contributed by atoms with Gasteiger partial charge in [-0.05, 0) is 31.2 Å². The van der Waals surface area contributed by atoms with Crippen molar-refractivity contribution in [2.45, 2.75) is 13.0 Å². The average molecular weight is 258 g/mol. The molecule has 76 valence electrons. The Morgan fingerprint density at radius 2 is 2.29 bits per heavy atom. The van der Waals surface area contributed by atoms with Gasteiger partial charge in [0.05, 0.1) is 0 Å². The molecule has 1 aromatic rings. The summed E-state index contributed by atoms with van der Waals surface area (Å²) in [6.45, 7) is 5.00. The lowest BCUT2D eigenvalue weighted by Crippen LogP contribution is -2.14. The fraction of sp³-hybridized carbons (Fsp3) is 0.273. The van der Waals surface area contributed by atoms with Gasteiger partial charge in [-0.2, -0.15) is 0 Å². The molecule has 1 nitrogen and oxygen atoms in total. The van der Waals surface area contributed by atoms with Crippen molar-refractivity contribution in [3.63, 3.8) is 0 Å². The molecule has 0 heterocycles. The molecular weight excluding hydrogens is 245 g/mol. The number of hydrogen-bond donors (Lipinski definition) is 1. The molecule has 0 aliphatic carbocycles. The van der Waals surface area contributed by atoms with E-state index in [1.807, 2.05) is 6.08 Å². The minimum atomic E-state index is -0.167. The maximum Gasteiger partial charge on any atom is 0.127 e. The van der Waals surface area contributed by atoms with Gasteiger partial charge in [-0.25, -0.2) is 4.39 Å². The predicted molar refractivity (Wildman–Crippen MR) is 60.6 cm³/mol. The molecule has 3 heteroatoms. The van der Waals surface area contributed by atoms with Crippen LogP contribution < -0.4 is 5.32 Å². The molecule has 0 atom stereocenters. The Hall–Kier alpha value is -0.670. The standard InChI is InChI=1S/C11H13BrFN/c1-2-3-6-14-8-9-7-10(12)4-5-11(9)13/h2,4-5,7,14H,1,3,6,8H2. The van der Waals surface area contributed by atoms with Gasteiger partial charge in [0.1, 0.15) is 5.82 Å². The first kappa shape index (κ1) is 11.4. The van der Waals surface area contributed by atoms with Crippen LogP contribution in [0.25, 0.3) is 0 Å². The number of benzene rings is 1. The smallest absolute Gasteiger partial charge is 0.127 e. The van der Waals surface area contributed by atoms with Gasteiger partial charge in [-0.3, -0.25) is 0 Å². The van der Waals surface area contributed by atoms with Crippen LogP contribution >= 0.6 is 15.9 Å². The lowest BCUT2D eigenvalue weighted by atomic mass is 10.2. The van der Waals surface area contributed by atoms with E-state index in [1.165, 1.54) is 6.07 Å². The Labute approximate surface area is 92.1 Å². The van der Waals surface area contributed by atoms with E-state index in [4.69, 9.17) is 0 Å². The molecule has 1 aromatic carbocycles. The summed E-state index contributed by atoms with van der Waals surface area (Å²) in [7, 11) is 0. The van der Waals surface area contributed by atoms with E-state index in [1.54, 1.807) is 12.1 Å². The molecule has 0 aromatic heterocycles. The van der Waals surface area contributed by atoms with E-state index >= 15 is 0 Å². The van der Waals surface area contributed by atoms with Crippen LogP contribution in [-0.4, -0.2) is 6.54 Å². The predicted octanol–water partition coefficient (Wildman–Crippen LogP) is 3.25. The maximum atomic E-state index is 13.2. The van der Waals surface area contributed by atoms with Crippen molar-refractivity contribution in [2.75, 3.05) is 6.54 Å². The van der Waals surface area contributed by atoms with Crippen LogP contribution in [0, 0.1) is 5.82 Å². The second-order valence-corrected chi connectivity index (χ2v) is 3.91. The summed E-state index contributed by atoms with van der Waals surface area (Å²) in [5.74, 6) is -0.167. The Balaban J connectivity index is 2.49. The van der Waals surface area contributed by atoms with Crippen LogP contribution in [0.1, 0.15) is 12.0 Å². The fourth-order valence-electron chi connectivity index (χ4n) is 1.11. The SMILES string of the molecule is C=CCCNCc1cc(Br)ccc1F. The van der Waals surface area contributed by atoms with Crippen molar-refractivity contribution >= 4 is 15.9 Å². The van der Waals surface area contributed by atoms with Gasteiger partial charge in [0.15, 0.2) is 0 Å². The molecule has 0 amide bonds. The third kappa shape index (κ3) is 3.60. The van der Waals surface area contributed by atoms with Crippen molar-refractivity contribution in [3.05, 3.63) is 46.7 Å². The quantitative estimate of drug-likeness (QED) is 0.631. The van der Waals surface area contributed by atoms with Crippen molar-refractivity contribution in [2.24, 2.45) is 0 Å². The molecule has 0 fully saturated rings. The second-order valence-electron chi connectivity index (χ2n) is 2.99. The summed E-state index contributed by atoms with van der Waals surface area (Å²) < 4.78 is 14.1. The summed E-state index contributed by atoms with van der Waals surface area (Å²) in [6, 6.07) is 4.95. The summed E-state index contributed by atoms with van der Waals surface area (Å²) in [5.41, 5.74) is 0.684. The second kappa shape index (κ2) is 5.94. The van der Waals surface area contributed by atoms with Gasteiger partial charge in [0, 0.05) is 16.6 Å². The van der Waals surface area contributed by atoms with Crippen LogP contribution in [0.2, 0.25) is 0 Å². The molecule has 1 rings (SSSR count). The topological polar surface area (TPSA) is 12.0 Å². The highest BCUT2D eigenvalue weighted by atomic mass is 79.9. The molecule has 0 radical (unpaired) electrons. The Morgan fingerprint density at radius 1 is 1.50 bits per heavy atom. The first-order valence-electron chi connectivity index (χ1n) is 4.49. The summed E-state index contributed by atoms with van der Waals surface area (Å²) in [4.78, 5) is 0. The van der Waals surface area contributed by atoms with Crippen molar-refractivity contribution < 1.29 is 4.39 Å². The lowest BCUT2D eigenvalue weighted by Gasteiger charge is -2.05. The van der Waals surface area contributed by atoms with Gasteiger partial charge in [-0.15, -0.1) is 6.58 Å². The average Bonchev–Trinajstić information content (AvgIpc) is 2.18. The zero-order chi connectivity index (χ0) is 10.4. The monoisotopic (exact) mass is 257 g/mol. The highest BCUT2D eigenvalue weighted by Gasteiger charge is 2.01. The molecular formula is C11H13BrFN. The van der Waals surface area contributed by atoms with Gasteiger partial charge < -0.3 is 5.32 Å².